The van der Waals surface area contributed by atoms with Gasteiger partial charge in [0, 0.05) is 12.7 Å². The average molecular weight is 465 g/mol. The molecule has 0 saturated heterocycles. The molecule has 0 bridgehead atoms. The van der Waals surface area contributed by atoms with Gasteiger partial charge in [-0.1, -0.05) is 26.0 Å². The molecule has 0 aliphatic rings. The number of guanidine groups is 1. The lowest BCUT2D eigenvalue weighted by molar-refractivity contribution is -0.138. The van der Waals surface area contributed by atoms with Crippen molar-refractivity contribution in [1.82, 2.24) is 0 Å². The number of alkyl halides is 3. The summed E-state index contributed by atoms with van der Waals surface area (Å²) < 4.78 is 39.7. The van der Waals surface area contributed by atoms with Crippen molar-refractivity contribution in [2.24, 2.45) is 10.7 Å². The Kier molecular flexibility index (Phi) is 8.17. The Hall–Kier alpha value is -1.73. The molecule has 0 aliphatic carbocycles. The number of aryl methyl sites for hydroxylation is 2. The Morgan fingerprint density at radius 2 is 1.74 bits per heavy atom. The average Bonchev–Trinajstić information content (AvgIpc) is 2.61. The zero-order chi connectivity index (χ0) is 19.5. The van der Waals surface area contributed by atoms with Crippen LogP contribution in [0.1, 0.15) is 30.5 Å². The monoisotopic (exact) mass is 463 g/mol. The predicted octanol–water partition coefficient (Wildman–Crippen LogP) is 6.10. The highest BCUT2D eigenvalue weighted by molar-refractivity contribution is 9.10. The third kappa shape index (κ3) is 5.62. The molecule has 0 saturated carbocycles. The molecule has 3 nitrogen and oxygen atoms in total. The zero-order valence-corrected chi connectivity index (χ0v) is 17.7. The molecular formula is C19H22BrClF3N3. The van der Waals surface area contributed by atoms with Crippen LogP contribution in [0.25, 0.3) is 0 Å². The van der Waals surface area contributed by atoms with E-state index in [-0.39, 0.29) is 28.5 Å². The van der Waals surface area contributed by atoms with Crippen LogP contribution in [-0.2, 0) is 19.0 Å². The van der Waals surface area contributed by atoms with Gasteiger partial charge >= 0.3 is 6.18 Å². The summed E-state index contributed by atoms with van der Waals surface area (Å²) in [6.07, 6.45) is -3.13. The van der Waals surface area contributed by atoms with Crippen molar-refractivity contribution in [3.05, 3.63) is 57.6 Å². The Labute approximate surface area is 172 Å². The molecule has 0 amide bonds. The minimum Gasteiger partial charge on any atom is -0.369 e. The fraction of sp³-hybridized carbons (Fsp3) is 0.316. The number of halogens is 5. The van der Waals surface area contributed by atoms with E-state index in [4.69, 9.17) is 5.73 Å². The van der Waals surface area contributed by atoms with Crippen molar-refractivity contribution < 1.29 is 13.2 Å². The van der Waals surface area contributed by atoms with Gasteiger partial charge in [0.25, 0.3) is 0 Å². The quantitative estimate of drug-likeness (QED) is 0.439. The third-order valence-electron chi connectivity index (χ3n) is 4.11. The van der Waals surface area contributed by atoms with Gasteiger partial charge in [-0.2, -0.15) is 13.2 Å². The van der Waals surface area contributed by atoms with E-state index < -0.39 is 11.7 Å². The van der Waals surface area contributed by atoms with Crippen molar-refractivity contribution in [1.29, 1.82) is 0 Å². The molecule has 0 aliphatic heterocycles. The van der Waals surface area contributed by atoms with E-state index >= 15 is 0 Å². The topological polar surface area (TPSA) is 41.6 Å². The lowest BCUT2D eigenvalue weighted by atomic mass is 10.1. The molecule has 8 heteroatoms. The zero-order valence-electron chi connectivity index (χ0n) is 15.3. The number of benzene rings is 2. The molecule has 2 aromatic carbocycles. The van der Waals surface area contributed by atoms with E-state index in [1.807, 2.05) is 31.2 Å². The van der Waals surface area contributed by atoms with Crippen molar-refractivity contribution in [2.45, 2.75) is 32.9 Å². The minimum absolute atomic E-state index is 0. The van der Waals surface area contributed by atoms with Gasteiger partial charge in [-0.15, -0.1) is 12.4 Å². The molecular weight excluding hydrogens is 443 g/mol. The first kappa shape index (κ1) is 23.3. The van der Waals surface area contributed by atoms with Crippen LogP contribution in [0.3, 0.4) is 0 Å². The van der Waals surface area contributed by atoms with Crippen LogP contribution in [0.15, 0.2) is 45.9 Å². The van der Waals surface area contributed by atoms with Gasteiger partial charge in [0.05, 0.1) is 15.7 Å². The molecule has 0 heterocycles. The van der Waals surface area contributed by atoms with Gasteiger partial charge in [-0.25, -0.2) is 4.99 Å². The number of anilines is 1. The molecule has 27 heavy (non-hydrogen) atoms. The molecule has 0 atom stereocenters. The molecule has 0 spiro atoms. The van der Waals surface area contributed by atoms with Crippen LogP contribution >= 0.6 is 28.3 Å². The summed E-state index contributed by atoms with van der Waals surface area (Å²) in [6.45, 7) is 3.84. The predicted molar refractivity (Wildman–Crippen MR) is 111 cm³/mol. The Morgan fingerprint density at radius 1 is 1.11 bits per heavy atom. The van der Waals surface area contributed by atoms with E-state index in [9.17, 15) is 13.2 Å². The molecule has 0 fully saturated rings. The van der Waals surface area contributed by atoms with E-state index in [0.717, 1.165) is 23.7 Å². The van der Waals surface area contributed by atoms with Crippen molar-refractivity contribution in [2.75, 3.05) is 11.9 Å². The van der Waals surface area contributed by atoms with Gasteiger partial charge < -0.3 is 10.6 Å². The Bertz CT molecular complexity index is 822. The van der Waals surface area contributed by atoms with Gasteiger partial charge in [-0.05, 0) is 64.2 Å². The second-order valence-corrected chi connectivity index (χ2v) is 6.67. The van der Waals surface area contributed by atoms with Crippen LogP contribution in [0.5, 0.6) is 0 Å². The summed E-state index contributed by atoms with van der Waals surface area (Å²) >= 11 is 3.04. The normalized spacial score (nSPS) is 11.9. The van der Waals surface area contributed by atoms with Crippen LogP contribution in [-0.4, -0.2) is 13.0 Å². The van der Waals surface area contributed by atoms with Crippen molar-refractivity contribution in [3.8, 4) is 0 Å². The van der Waals surface area contributed by atoms with E-state index in [0.29, 0.717) is 12.0 Å². The number of nitrogens with two attached hydrogens (primary N) is 1. The number of hydrogen-bond acceptors (Lipinski definition) is 1. The minimum atomic E-state index is -4.47. The number of aliphatic imine (C=N–C) groups is 1. The maximum Gasteiger partial charge on any atom is 0.417 e. The summed E-state index contributed by atoms with van der Waals surface area (Å²) in [6, 6.07) is 10.5. The molecule has 2 N–H and O–H groups in total. The lowest BCUT2D eigenvalue weighted by Crippen LogP contribution is -2.33. The maximum atomic E-state index is 13.3. The maximum absolute atomic E-state index is 13.3. The summed E-state index contributed by atoms with van der Waals surface area (Å²) in [5.74, 6) is 0.111. The lowest BCUT2D eigenvalue weighted by Gasteiger charge is -2.20. The van der Waals surface area contributed by atoms with Crippen LogP contribution in [0.2, 0.25) is 0 Å². The highest BCUT2D eigenvalue weighted by atomic mass is 79.9. The SMILES string of the molecule is CCc1cccc(N(C)C(N)=Nc2cc(CC)cc(C(F)(F)F)c2Br)c1.Cl. The summed E-state index contributed by atoms with van der Waals surface area (Å²) in [4.78, 5) is 5.90. The molecule has 2 aromatic rings. The smallest absolute Gasteiger partial charge is 0.369 e. The molecule has 0 radical (unpaired) electrons. The van der Waals surface area contributed by atoms with Gasteiger partial charge in [0.2, 0.25) is 5.96 Å². The number of rotatable bonds is 4. The highest BCUT2D eigenvalue weighted by Gasteiger charge is 2.34. The van der Waals surface area contributed by atoms with Crippen molar-refractivity contribution in [3.63, 3.8) is 0 Å². The fourth-order valence-electron chi connectivity index (χ4n) is 2.47. The Balaban J connectivity index is 0.00000364. The molecule has 0 aromatic heterocycles. The van der Waals surface area contributed by atoms with Crippen LogP contribution in [0, 0.1) is 0 Å². The molecule has 148 valence electrons. The summed E-state index contributed by atoms with van der Waals surface area (Å²) in [5, 5.41) is 0. The number of nitrogens with zero attached hydrogens (tertiary/aromatic N) is 2. The fourth-order valence-corrected chi connectivity index (χ4v) is 3.02. The molecule has 0 unspecified atom stereocenters. The van der Waals surface area contributed by atoms with Gasteiger partial charge in [0.1, 0.15) is 0 Å². The first-order valence-electron chi connectivity index (χ1n) is 8.23. The largest absolute Gasteiger partial charge is 0.417 e. The molecule has 2 rings (SSSR count). The van der Waals surface area contributed by atoms with Crippen LogP contribution < -0.4 is 10.6 Å². The Morgan fingerprint density at radius 3 is 2.30 bits per heavy atom. The third-order valence-corrected chi connectivity index (χ3v) is 4.95. The second kappa shape index (κ2) is 9.46. The van der Waals surface area contributed by atoms with Gasteiger partial charge in [0.15, 0.2) is 0 Å². The van der Waals surface area contributed by atoms with Crippen molar-refractivity contribution >= 4 is 45.7 Å². The summed E-state index contributed by atoms with van der Waals surface area (Å²) in [5.41, 5.74) is 7.98. The highest BCUT2D eigenvalue weighted by Crippen LogP contribution is 2.40. The first-order chi connectivity index (χ1) is 12.2. The van der Waals surface area contributed by atoms with Crippen LogP contribution in [0.4, 0.5) is 24.5 Å². The first-order valence-corrected chi connectivity index (χ1v) is 9.03. The second-order valence-electron chi connectivity index (χ2n) is 5.88. The van der Waals surface area contributed by atoms with E-state index in [2.05, 4.69) is 20.9 Å². The summed E-state index contributed by atoms with van der Waals surface area (Å²) in [7, 11) is 1.73. The van der Waals surface area contributed by atoms with Gasteiger partial charge in [-0.3, -0.25) is 0 Å². The standard InChI is InChI=1S/C19H21BrF3N3.ClH/c1-4-12-7-6-8-14(9-12)26(3)18(24)25-16-11-13(5-2)10-15(17(16)20)19(21,22)23;/h6-11H,4-5H2,1-3H3,(H2,24,25);1H. The number of hydrogen-bond donors (Lipinski definition) is 1. The van der Waals surface area contributed by atoms with E-state index in [1.165, 1.54) is 0 Å². The van der Waals surface area contributed by atoms with E-state index in [1.54, 1.807) is 24.9 Å².